The van der Waals surface area contributed by atoms with Crippen molar-refractivity contribution < 1.29 is 9.53 Å². The van der Waals surface area contributed by atoms with E-state index in [0.29, 0.717) is 16.6 Å². The predicted molar refractivity (Wildman–Crippen MR) is 106 cm³/mol. The number of anilines is 1. The SMILES string of the molecule is CC(=O)NC1=NN(C)C(c2nc(-c3ccc(SC(C)C)cc3)cnc2N)O1. The van der Waals surface area contributed by atoms with Crippen molar-refractivity contribution >= 4 is 29.5 Å². The minimum atomic E-state index is -0.657. The number of rotatable bonds is 4. The second-order valence-electron chi connectivity index (χ2n) is 6.35. The fourth-order valence-corrected chi connectivity index (χ4v) is 3.39. The minimum absolute atomic E-state index is 0.108. The number of hydrogen-bond acceptors (Lipinski definition) is 8. The summed E-state index contributed by atoms with van der Waals surface area (Å²) in [7, 11) is 1.71. The molecule has 0 bridgehead atoms. The summed E-state index contributed by atoms with van der Waals surface area (Å²) in [6, 6.07) is 8.25. The van der Waals surface area contributed by atoms with Crippen LogP contribution in [0.15, 0.2) is 40.5 Å². The smallest absolute Gasteiger partial charge is 0.315 e. The van der Waals surface area contributed by atoms with Gasteiger partial charge in [-0.15, -0.1) is 16.9 Å². The third-order valence-corrected chi connectivity index (χ3v) is 4.69. The number of nitrogen functional groups attached to an aromatic ring is 1. The predicted octanol–water partition coefficient (Wildman–Crippen LogP) is 2.59. The van der Waals surface area contributed by atoms with Gasteiger partial charge in [-0.05, 0) is 12.1 Å². The first-order valence-electron chi connectivity index (χ1n) is 8.48. The highest BCUT2D eigenvalue weighted by Crippen LogP contribution is 2.30. The summed E-state index contributed by atoms with van der Waals surface area (Å²) in [4.78, 5) is 21.3. The number of hydrazone groups is 1. The number of ether oxygens (including phenoxy) is 1. The van der Waals surface area contributed by atoms with Crippen molar-refractivity contribution in [3.8, 4) is 11.3 Å². The zero-order valence-electron chi connectivity index (χ0n) is 15.6. The van der Waals surface area contributed by atoms with Crippen molar-refractivity contribution in [2.45, 2.75) is 37.1 Å². The van der Waals surface area contributed by atoms with Gasteiger partial charge in [-0.3, -0.25) is 15.1 Å². The number of carbonyl (C=O) groups is 1. The molecule has 1 aromatic carbocycles. The molecule has 1 aliphatic rings. The van der Waals surface area contributed by atoms with Crippen LogP contribution >= 0.6 is 11.8 Å². The third-order valence-electron chi connectivity index (χ3n) is 3.68. The molecule has 0 saturated heterocycles. The van der Waals surface area contributed by atoms with Gasteiger partial charge in [0.15, 0.2) is 5.82 Å². The van der Waals surface area contributed by atoms with Crippen LogP contribution in [0.2, 0.25) is 0 Å². The Hall–Kier alpha value is -2.81. The molecule has 3 N–H and O–H groups in total. The monoisotopic (exact) mass is 386 g/mol. The van der Waals surface area contributed by atoms with Gasteiger partial charge >= 0.3 is 6.02 Å². The average Bonchev–Trinajstić information content (AvgIpc) is 2.95. The number of thioether (sulfide) groups is 1. The van der Waals surface area contributed by atoms with Crippen molar-refractivity contribution in [2.24, 2.45) is 5.10 Å². The quantitative estimate of drug-likeness (QED) is 0.778. The number of benzene rings is 1. The van der Waals surface area contributed by atoms with Crippen molar-refractivity contribution in [2.75, 3.05) is 12.8 Å². The van der Waals surface area contributed by atoms with Crippen molar-refractivity contribution in [1.82, 2.24) is 20.3 Å². The Morgan fingerprint density at radius 3 is 2.67 bits per heavy atom. The maximum Gasteiger partial charge on any atom is 0.315 e. The van der Waals surface area contributed by atoms with E-state index in [1.165, 1.54) is 16.8 Å². The number of aromatic nitrogens is 2. The molecule has 0 spiro atoms. The van der Waals surface area contributed by atoms with Crippen molar-refractivity contribution in [3.05, 3.63) is 36.2 Å². The van der Waals surface area contributed by atoms with Gasteiger partial charge in [0.2, 0.25) is 12.1 Å². The first-order valence-corrected chi connectivity index (χ1v) is 9.36. The Balaban J connectivity index is 1.84. The lowest BCUT2D eigenvalue weighted by Crippen LogP contribution is -2.29. The molecule has 1 unspecified atom stereocenters. The minimum Gasteiger partial charge on any atom is -0.432 e. The molecule has 27 heavy (non-hydrogen) atoms. The normalized spacial score (nSPS) is 16.3. The molecule has 9 heteroatoms. The third kappa shape index (κ3) is 4.48. The molecule has 2 heterocycles. The molecule has 2 aromatic rings. The van der Waals surface area contributed by atoms with Gasteiger partial charge < -0.3 is 10.5 Å². The Morgan fingerprint density at radius 1 is 1.33 bits per heavy atom. The van der Waals surface area contributed by atoms with Crippen LogP contribution in [0.3, 0.4) is 0 Å². The molecule has 8 nitrogen and oxygen atoms in total. The molecule has 1 aliphatic heterocycles. The molecule has 142 valence electrons. The number of nitrogens with one attached hydrogen (secondary N) is 1. The van der Waals surface area contributed by atoms with Crippen LogP contribution in [-0.4, -0.2) is 39.2 Å². The second kappa shape index (κ2) is 7.83. The Morgan fingerprint density at radius 2 is 2.04 bits per heavy atom. The van der Waals surface area contributed by atoms with E-state index in [1.54, 1.807) is 25.0 Å². The van der Waals surface area contributed by atoms with E-state index in [1.807, 2.05) is 12.1 Å². The van der Waals surface area contributed by atoms with Gasteiger partial charge in [0.1, 0.15) is 5.69 Å². The molecular formula is C18H22N6O2S. The molecule has 1 atom stereocenters. The van der Waals surface area contributed by atoms with E-state index < -0.39 is 6.23 Å². The van der Waals surface area contributed by atoms with Crippen molar-refractivity contribution in [1.29, 1.82) is 0 Å². The van der Waals surface area contributed by atoms with Gasteiger partial charge in [-0.2, -0.15) is 0 Å². The molecule has 0 aliphatic carbocycles. The van der Waals surface area contributed by atoms with E-state index in [4.69, 9.17) is 10.5 Å². The average molecular weight is 386 g/mol. The Kier molecular flexibility index (Phi) is 5.50. The summed E-state index contributed by atoms with van der Waals surface area (Å²) >= 11 is 1.80. The molecular weight excluding hydrogens is 364 g/mol. The number of nitrogens with two attached hydrogens (primary N) is 1. The van der Waals surface area contributed by atoms with Crippen LogP contribution in [0, 0.1) is 0 Å². The van der Waals surface area contributed by atoms with Gasteiger partial charge in [-0.25, -0.2) is 9.97 Å². The van der Waals surface area contributed by atoms with E-state index >= 15 is 0 Å². The van der Waals surface area contributed by atoms with Gasteiger partial charge in [0, 0.05) is 29.7 Å². The van der Waals surface area contributed by atoms with Crippen LogP contribution in [-0.2, 0) is 9.53 Å². The molecule has 1 amide bonds. The second-order valence-corrected chi connectivity index (χ2v) is 8.00. The Bertz CT molecular complexity index is 869. The number of amides is 1. The summed E-state index contributed by atoms with van der Waals surface area (Å²) in [5, 5.41) is 8.71. The molecule has 3 rings (SSSR count). The van der Waals surface area contributed by atoms with E-state index in [-0.39, 0.29) is 17.7 Å². The fraction of sp³-hybridized carbons (Fsp3) is 0.333. The van der Waals surface area contributed by atoms with Crippen LogP contribution in [0.4, 0.5) is 5.82 Å². The van der Waals surface area contributed by atoms with Gasteiger partial charge in [0.25, 0.3) is 0 Å². The lowest BCUT2D eigenvalue weighted by atomic mass is 10.1. The first-order chi connectivity index (χ1) is 12.8. The summed E-state index contributed by atoms with van der Waals surface area (Å²) in [6.07, 6.45) is 0.976. The van der Waals surface area contributed by atoms with Crippen LogP contribution in [0.1, 0.15) is 32.7 Å². The van der Waals surface area contributed by atoms with E-state index in [2.05, 4.69) is 46.4 Å². The fourth-order valence-electron chi connectivity index (χ4n) is 2.55. The summed E-state index contributed by atoms with van der Waals surface area (Å²) < 4.78 is 5.66. The maximum absolute atomic E-state index is 11.2. The van der Waals surface area contributed by atoms with Crippen LogP contribution < -0.4 is 11.1 Å². The van der Waals surface area contributed by atoms with Crippen molar-refractivity contribution in [3.63, 3.8) is 0 Å². The topological polar surface area (TPSA) is 106 Å². The highest BCUT2D eigenvalue weighted by molar-refractivity contribution is 7.99. The zero-order valence-corrected chi connectivity index (χ0v) is 16.4. The standard InChI is InChI=1S/C18H22N6O2S/c1-10(2)27-13-7-5-12(6-8-13)14-9-20-16(19)15(22-14)17-24(4)23-18(26-17)21-11(3)25/h5-10,17H,1-4H3,(H2,19,20)(H,21,23,25). The van der Waals surface area contributed by atoms with E-state index in [0.717, 1.165) is 5.56 Å². The van der Waals surface area contributed by atoms with Crippen LogP contribution in [0.25, 0.3) is 11.3 Å². The molecule has 0 fully saturated rings. The number of nitrogens with zero attached hydrogens (tertiary/aromatic N) is 4. The maximum atomic E-state index is 11.2. The molecule has 1 aromatic heterocycles. The number of hydrogen-bond donors (Lipinski definition) is 2. The van der Waals surface area contributed by atoms with Gasteiger partial charge in [0.05, 0.1) is 11.9 Å². The molecule has 0 radical (unpaired) electrons. The highest BCUT2D eigenvalue weighted by Gasteiger charge is 2.31. The highest BCUT2D eigenvalue weighted by atomic mass is 32.2. The largest absolute Gasteiger partial charge is 0.432 e. The van der Waals surface area contributed by atoms with E-state index in [9.17, 15) is 4.79 Å². The number of carbonyl (C=O) groups excluding carboxylic acids is 1. The van der Waals surface area contributed by atoms with Gasteiger partial charge in [-0.1, -0.05) is 26.0 Å². The lowest BCUT2D eigenvalue weighted by Gasteiger charge is -2.18. The Labute approximate surface area is 162 Å². The number of amidine groups is 1. The summed E-state index contributed by atoms with van der Waals surface area (Å²) in [6.45, 7) is 5.70. The first kappa shape index (κ1) is 19.0. The molecule has 0 saturated carbocycles. The lowest BCUT2D eigenvalue weighted by molar-refractivity contribution is -0.117. The van der Waals surface area contributed by atoms with Crippen LogP contribution in [0.5, 0.6) is 0 Å². The zero-order chi connectivity index (χ0) is 19.6. The summed E-state index contributed by atoms with van der Waals surface area (Å²) in [5.74, 6) is -0.0168. The summed E-state index contributed by atoms with van der Waals surface area (Å²) in [5.41, 5.74) is 8.07.